The summed E-state index contributed by atoms with van der Waals surface area (Å²) in [6, 6.07) is 16.9. The van der Waals surface area contributed by atoms with Crippen molar-refractivity contribution in [3.05, 3.63) is 90.4 Å². The Hall–Kier alpha value is -1.22. The van der Waals surface area contributed by atoms with E-state index in [-0.39, 0.29) is 10.6 Å². The molecule has 1 fully saturated rings. The standard InChI is InChI=1S/C23H14Cl5IN2O2/c24-12-7-11(8-13(25)9-12)19-20(23(19,27)28)22(33)31-16-5-6-18(26)17(10-16)21(32)30-15-3-1-14(29)2-4-15/h1-10,19-20H,(H,30,32)(H,31,33)/t19-,20+/m0/s1. The second-order valence-corrected chi connectivity index (χ2v) is 11.4. The number of amides is 2. The zero-order chi connectivity index (χ0) is 23.9. The maximum absolute atomic E-state index is 13.0. The van der Waals surface area contributed by atoms with Crippen molar-refractivity contribution < 1.29 is 9.59 Å². The highest BCUT2D eigenvalue weighted by molar-refractivity contribution is 14.1. The Morgan fingerprint density at radius 3 is 2.06 bits per heavy atom. The summed E-state index contributed by atoms with van der Waals surface area (Å²) < 4.78 is -0.267. The van der Waals surface area contributed by atoms with Crippen molar-refractivity contribution >= 4 is 104 Å². The summed E-state index contributed by atoms with van der Waals surface area (Å²) in [5.74, 6) is -2.00. The fourth-order valence-corrected chi connectivity index (χ4v) is 5.49. The van der Waals surface area contributed by atoms with Gasteiger partial charge in [-0.3, -0.25) is 9.59 Å². The minimum atomic E-state index is -1.31. The van der Waals surface area contributed by atoms with E-state index in [1.165, 1.54) is 12.1 Å². The maximum Gasteiger partial charge on any atom is 0.257 e. The largest absolute Gasteiger partial charge is 0.326 e. The molecule has 1 aliphatic rings. The lowest BCUT2D eigenvalue weighted by molar-refractivity contribution is -0.117. The number of hydrogen-bond donors (Lipinski definition) is 2. The van der Waals surface area contributed by atoms with Crippen LogP contribution >= 0.6 is 80.6 Å². The molecule has 1 saturated carbocycles. The van der Waals surface area contributed by atoms with E-state index in [1.54, 1.807) is 36.4 Å². The van der Waals surface area contributed by atoms with E-state index in [2.05, 4.69) is 33.2 Å². The third-order valence-corrected chi connectivity index (χ3v) is 7.59. The summed E-state index contributed by atoms with van der Waals surface area (Å²) >= 11 is 33.4. The lowest BCUT2D eigenvalue weighted by Gasteiger charge is -2.10. The van der Waals surface area contributed by atoms with Crippen molar-refractivity contribution in [1.82, 2.24) is 0 Å². The van der Waals surface area contributed by atoms with Crippen molar-refractivity contribution in [2.45, 2.75) is 10.3 Å². The Labute approximate surface area is 229 Å². The van der Waals surface area contributed by atoms with Gasteiger partial charge in [0.15, 0.2) is 0 Å². The lowest BCUT2D eigenvalue weighted by atomic mass is 10.1. The molecule has 0 heterocycles. The van der Waals surface area contributed by atoms with Crippen LogP contribution in [0.3, 0.4) is 0 Å². The summed E-state index contributed by atoms with van der Waals surface area (Å²) in [5.41, 5.74) is 1.90. The van der Waals surface area contributed by atoms with Gasteiger partial charge >= 0.3 is 0 Å². The minimum absolute atomic E-state index is 0.213. The molecule has 2 N–H and O–H groups in total. The van der Waals surface area contributed by atoms with Gasteiger partial charge in [0, 0.05) is 30.9 Å². The number of anilines is 2. The molecule has 0 bridgehead atoms. The van der Waals surface area contributed by atoms with Crippen molar-refractivity contribution in [2.75, 3.05) is 10.6 Å². The molecule has 2 atom stereocenters. The van der Waals surface area contributed by atoms with Gasteiger partial charge in [0.05, 0.1) is 16.5 Å². The third kappa shape index (κ3) is 5.55. The molecule has 3 aromatic rings. The van der Waals surface area contributed by atoms with Crippen LogP contribution in [0.15, 0.2) is 60.7 Å². The van der Waals surface area contributed by atoms with E-state index in [1.807, 2.05) is 12.1 Å². The predicted molar refractivity (Wildman–Crippen MR) is 144 cm³/mol. The van der Waals surface area contributed by atoms with Crippen molar-refractivity contribution in [3.63, 3.8) is 0 Å². The number of hydrogen-bond acceptors (Lipinski definition) is 2. The first-order chi connectivity index (χ1) is 15.6. The molecule has 4 rings (SSSR count). The van der Waals surface area contributed by atoms with Crippen LogP contribution in [0.4, 0.5) is 11.4 Å². The number of carbonyl (C=O) groups excluding carboxylic acids is 2. The molecule has 10 heteroatoms. The molecule has 0 saturated heterocycles. The van der Waals surface area contributed by atoms with Crippen LogP contribution in [0.5, 0.6) is 0 Å². The zero-order valence-electron chi connectivity index (χ0n) is 16.5. The van der Waals surface area contributed by atoms with Crippen LogP contribution in [-0.2, 0) is 4.79 Å². The van der Waals surface area contributed by atoms with Gasteiger partial charge in [0.2, 0.25) is 5.91 Å². The van der Waals surface area contributed by atoms with Crippen LogP contribution in [-0.4, -0.2) is 16.1 Å². The van der Waals surface area contributed by atoms with Crippen molar-refractivity contribution in [1.29, 1.82) is 0 Å². The summed E-state index contributed by atoms with van der Waals surface area (Å²) in [5, 5.41) is 6.65. The highest BCUT2D eigenvalue weighted by Crippen LogP contribution is 2.65. The van der Waals surface area contributed by atoms with E-state index >= 15 is 0 Å². The van der Waals surface area contributed by atoms with Gasteiger partial charge in [-0.15, -0.1) is 23.2 Å². The zero-order valence-corrected chi connectivity index (χ0v) is 22.4. The second kappa shape index (κ2) is 9.80. The maximum atomic E-state index is 13.0. The van der Waals surface area contributed by atoms with Crippen LogP contribution in [0.1, 0.15) is 21.8 Å². The Bertz CT molecular complexity index is 1230. The first kappa shape index (κ1) is 24.9. The summed E-state index contributed by atoms with van der Waals surface area (Å²) in [6.45, 7) is 0. The van der Waals surface area contributed by atoms with E-state index < -0.39 is 28.0 Å². The quantitative estimate of drug-likeness (QED) is 0.216. The molecule has 170 valence electrons. The first-order valence-electron chi connectivity index (χ1n) is 9.57. The van der Waals surface area contributed by atoms with Gasteiger partial charge in [-0.1, -0.05) is 34.8 Å². The van der Waals surface area contributed by atoms with Crippen molar-refractivity contribution in [2.24, 2.45) is 5.92 Å². The number of benzene rings is 3. The van der Waals surface area contributed by atoms with E-state index in [0.29, 0.717) is 27.0 Å². The third-order valence-electron chi connectivity index (χ3n) is 5.16. The number of alkyl halides is 2. The van der Waals surface area contributed by atoms with Crippen LogP contribution < -0.4 is 10.6 Å². The summed E-state index contributed by atoms with van der Waals surface area (Å²) in [7, 11) is 0. The molecule has 0 aliphatic heterocycles. The van der Waals surface area contributed by atoms with E-state index in [9.17, 15) is 9.59 Å². The molecule has 1 aliphatic carbocycles. The Morgan fingerprint density at radius 1 is 0.818 bits per heavy atom. The molecule has 3 aromatic carbocycles. The number of halogens is 6. The molecule has 2 amide bonds. The smallest absolute Gasteiger partial charge is 0.257 e. The fraction of sp³-hybridized carbons (Fsp3) is 0.130. The van der Waals surface area contributed by atoms with Gasteiger partial charge in [-0.2, -0.15) is 0 Å². The molecule has 4 nitrogen and oxygen atoms in total. The SMILES string of the molecule is O=C(Nc1ccc(I)cc1)c1cc(NC(=O)[C@H]2[C@H](c3cc(Cl)cc(Cl)c3)C2(Cl)Cl)ccc1Cl. The molecular formula is C23H14Cl5IN2O2. The monoisotopic (exact) mass is 652 g/mol. The lowest BCUT2D eigenvalue weighted by Crippen LogP contribution is -2.18. The Kier molecular flexibility index (Phi) is 7.39. The summed E-state index contributed by atoms with van der Waals surface area (Å²) in [6.07, 6.45) is 0. The van der Waals surface area contributed by atoms with Crippen LogP contribution in [0.25, 0.3) is 0 Å². The van der Waals surface area contributed by atoms with Gasteiger partial charge in [-0.25, -0.2) is 0 Å². The molecule has 0 spiro atoms. The molecule has 0 aromatic heterocycles. The van der Waals surface area contributed by atoms with Gasteiger partial charge in [0.1, 0.15) is 4.33 Å². The molecule has 0 unspecified atom stereocenters. The number of nitrogens with one attached hydrogen (secondary N) is 2. The van der Waals surface area contributed by atoms with E-state index in [0.717, 1.165) is 3.57 Å². The topological polar surface area (TPSA) is 58.2 Å². The van der Waals surface area contributed by atoms with Crippen LogP contribution in [0.2, 0.25) is 15.1 Å². The highest BCUT2D eigenvalue weighted by Gasteiger charge is 2.67. The van der Waals surface area contributed by atoms with Gasteiger partial charge in [0.25, 0.3) is 5.91 Å². The average Bonchev–Trinajstić information content (AvgIpc) is 3.32. The Balaban J connectivity index is 1.50. The van der Waals surface area contributed by atoms with Crippen molar-refractivity contribution in [3.8, 4) is 0 Å². The number of carbonyl (C=O) groups is 2. The normalized spacial score (nSPS) is 18.5. The Morgan fingerprint density at radius 2 is 1.42 bits per heavy atom. The average molecular weight is 655 g/mol. The highest BCUT2D eigenvalue weighted by atomic mass is 127. The predicted octanol–water partition coefficient (Wildman–Crippen LogP) is 8.03. The fourth-order valence-electron chi connectivity index (χ4n) is 3.55. The van der Waals surface area contributed by atoms with Gasteiger partial charge in [-0.05, 0) is 88.8 Å². The molecule has 33 heavy (non-hydrogen) atoms. The first-order valence-corrected chi connectivity index (χ1v) is 12.5. The summed E-state index contributed by atoms with van der Waals surface area (Å²) in [4.78, 5) is 25.7. The van der Waals surface area contributed by atoms with Gasteiger partial charge < -0.3 is 10.6 Å². The second-order valence-electron chi connectivity index (χ2n) is 7.48. The van der Waals surface area contributed by atoms with E-state index in [4.69, 9.17) is 58.0 Å². The molecule has 0 radical (unpaired) electrons. The number of rotatable bonds is 5. The molecular weight excluding hydrogens is 640 g/mol. The van der Waals surface area contributed by atoms with Crippen LogP contribution in [0, 0.1) is 9.49 Å². The minimum Gasteiger partial charge on any atom is -0.326 e.